The second kappa shape index (κ2) is 6.34. The summed E-state index contributed by atoms with van der Waals surface area (Å²) in [4.78, 5) is 10.2. The molecule has 0 radical (unpaired) electrons. The Labute approximate surface area is 98.5 Å². The smallest absolute Gasteiger partial charge is 0.293 e. The van der Waals surface area contributed by atoms with E-state index in [0.29, 0.717) is 5.69 Å². The Balaban J connectivity index is 2.78. The Kier molecular flexibility index (Phi) is 5.07. The molecule has 0 spiro atoms. The molecule has 0 saturated carbocycles. The molecule has 0 bridgehead atoms. The number of benzene rings is 1. The molecule has 0 saturated heterocycles. The minimum atomic E-state index is -0.446. The van der Waals surface area contributed by atoms with Crippen LogP contribution in [0.5, 0.6) is 0 Å². The molecular weight excluding hydrogens is 226 g/mol. The highest BCUT2D eigenvalue weighted by Crippen LogP contribution is 2.26. The van der Waals surface area contributed by atoms with Gasteiger partial charge in [-0.25, -0.2) is 0 Å². The van der Waals surface area contributed by atoms with Crippen LogP contribution < -0.4 is 11.3 Å². The fourth-order valence-corrected chi connectivity index (χ4v) is 2.13. The third kappa shape index (κ3) is 3.39. The normalized spacial score (nSPS) is 10.1. The number of hydrogen-bond donors (Lipinski definition) is 2. The largest absolute Gasteiger partial charge is 0.318 e. The molecule has 1 aromatic carbocycles. The van der Waals surface area contributed by atoms with Crippen LogP contribution in [0.3, 0.4) is 0 Å². The summed E-state index contributed by atoms with van der Waals surface area (Å²) in [6.45, 7) is 2.12. The van der Waals surface area contributed by atoms with Gasteiger partial charge in [0.25, 0.3) is 5.69 Å². The number of nitrogens with zero attached hydrogens (tertiary/aromatic N) is 1. The first-order valence-corrected chi connectivity index (χ1v) is 6.16. The average Bonchev–Trinajstić information content (AvgIpc) is 2.29. The molecule has 16 heavy (non-hydrogen) atoms. The van der Waals surface area contributed by atoms with Crippen LogP contribution >= 0.6 is 11.8 Å². The highest BCUT2D eigenvalue weighted by atomic mass is 32.2. The quantitative estimate of drug-likeness (QED) is 0.346. The highest BCUT2D eigenvalue weighted by molar-refractivity contribution is 7.98. The molecule has 1 aromatic rings. The zero-order chi connectivity index (χ0) is 12.0. The SMILES string of the molecule is CCCSCc1ccc([N+](=O)[O-])c(NN)c1. The van der Waals surface area contributed by atoms with Crippen molar-refractivity contribution in [3.63, 3.8) is 0 Å². The maximum Gasteiger partial charge on any atom is 0.293 e. The first-order chi connectivity index (χ1) is 7.69. The molecule has 5 nitrogen and oxygen atoms in total. The van der Waals surface area contributed by atoms with E-state index in [4.69, 9.17) is 5.84 Å². The Morgan fingerprint density at radius 2 is 2.31 bits per heavy atom. The van der Waals surface area contributed by atoms with E-state index in [-0.39, 0.29) is 5.69 Å². The fourth-order valence-electron chi connectivity index (χ4n) is 1.28. The van der Waals surface area contributed by atoms with Gasteiger partial charge in [-0.3, -0.25) is 16.0 Å². The number of rotatable bonds is 6. The summed E-state index contributed by atoms with van der Waals surface area (Å²) in [5.74, 6) is 7.18. The third-order valence-electron chi connectivity index (χ3n) is 2.03. The van der Waals surface area contributed by atoms with Crippen LogP contribution in [-0.2, 0) is 5.75 Å². The van der Waals surface area contributed by atoms with Gasteiger partial charge in [-0.2, -0.15) is 11.8 Å². The molecule has 0 aliphatic heterocycles. The summed E-state index contributed by atoms with van der Waals surface area (Å²) in [6.07, 6.45) is 1.12. The summed E-state index contributed by atoms with van der Waals surface area (Å²) in [5.41, 5.74) is 3.76. The van der Waals surface area contributed by atoms with Crippen molar-refractivity contribution in [2.45, 2.75) is 19.1 Å². The lowest BCUT2D eigenvalue weighted by atomic mass is 10.2. The predicted octanol–water partition coefficient (Wildman–Crippen LogP) is 2.52. The Hall–Kier alpha value is -1.27. The van der Waals surface area contributed by atoms with E-state index >= 15 is 0 Å². The summed E-state index contributed by atoms with van der Waals surface area (Å²) < 4.78 is 0. The summed E-state index contributed by atoms with van der Waals surface area (Å²) >= 11 is 1.80. The van der Waals surface area contributed by atoms with Gasteiger partial charge >= 0.3 is 0 Å². The van der Waals surface area contributed by atoms with Gasteiger partial charge in [-0.1, -0.05) is 13.0 Å². The van der Waals surface area contributed by atoms with Gasteiger partial charge < -0.3 is 5.43 Å². The molecule has 6 heteroatoms. The lowest BCUT2D eigenvalue weighted by molar-refractivity contribution is -0.384. The van der Waals surface area contributed by atoms with E-state index in [1.54, 1.807) is 23.9 Å². The van der Waals surface area contributed by atoms with Crippen LogP contribution in [0.1, 0.15) is 18.9 Å². The van der Waals surface area contributed by atoms with E-state index in [1.165, 1.54) is 6.07 Å². The molecule has 0 atom stereocenters. The molecule has 1 rings (SSSR count). The van der Waals surface area contributed by atoms with Crippen LogP contribution in [-0.4, -0.2) is 10.7 Å². The second-order valence-electron chi connectivity index (χ2n) is 3.31. The summed E-state index contributed by atoms with van der Waals surface area (Å²) in [5, 5.41) is 10.7. The number of nitro groups is 1. The van der Waals surface area contributed by atoms with E-state index in [2.05, 4.69) is 12.3 Å². The van der Waals surface area contributed by atoms with Crippen molar-refractivity contribution in [1.29, 1.82) is 0 Å². The van der Waals surface area contributed by atoms with Crippen LogP contribution in [0.15, 0.2) is 18.2 Å². The topological polar surface area (TPSA) is 81.2 Å². The van der Waals surface area contributed by atoms with Gasteiger partial charge in [-0.15, -0.1) is 0 Å². The molecule has 0 fully saturated rings. The van der Waals surface area contributed by atoms with E-state index in [1.807, 2.05) is 0 Å². The van der Waals surface area contributed by atoms with Crippen molar-refractivity contribution < 1.29 is 4.92 Å². The van der Waals surface area contributed by atoms with Crippen molar-refractivity contribution >= 4 is 23.1 Å². The highest BCUT2D eigenvalue weighted by Gasteiger charge is 2.12. The summed E-state index contributed by atoms with van der Waals surface area (Å²) in [6, 6.07) is 4.97. The predicted molar refractivity (Wildman–Crippen MR) is 67.4 cm³/mol. The number of thioether (sulfide) groups is 1. The molecule has 0 unspecified atom stereocenters. The first-order valence-electron chi connectivity index (χ1n) is 5.00. The van der Waals surface area contributed by atoms with Crippen LogP contribution in [0.2, 0.25) is 0 Å². The molecule has 0 aliphatic rings. The van der Waals surface area contributed by atoms with E-state index in [9.17, 15) is 10.1 Å². The van der Waals surface area contributed by atoms with Gasteiger partial charge in [0.2, 0.25) is 0 Å². The number of nitrogens with one attached hydrogen (secondary N) is 1. The van der Waals surface area contributed by atoms with Gasteiger partial charge in [0, 0.05) is 11.8 Å². The van der Waals surface area contributed by atoms with Crippen molar-refractivity contribution in [2.75, 3.05) is 11.2 Å². The van der Waals surface area contributed by atoms with E-state index in [0.717, 1.165) is 23.5 Å². The fraction of sp³-hybridized carbons (Fsp3) is 0.400. The Morgan fingerprint density at radius 3 is 2.88 bits per heavy atom. The van der Waals surface area contributed by atoms with Crippen LogP contribution in [0.4, 0.5) is 11.4 Å². The van der Waals surface area contributed by atoms with Gasteiger partial charge in [0.05, 0.1) is 4.92 Å². The van der Waals surface area contributed by atoms with E-state index < -0.39 is 4.92 Å². The van der Waals surface area contributed by atoms with Crippen molar-refractivity contribution in [3.05, 3.63) is 33.9 Å². The number of hydrazine groups is 1. The Bertz CT molecular complexity index is 371. The zero-order valence-corrected chi connectivity index (χ0v) is 9.92. The average molecular weight is 241 g/mol. The second-order valence-corrected chi connectivity index (χ2v) is 4.41. The third-order valence-corrected chi connectivity index (χ3v) is 3.26. The molecule has 0 aromatic heterocycles. The van der Waals surface area contributed by atoms with Crippen molar-refractivity contribution in [2.24, 2.45) is 5.84 Å². The van der Waals surface area contributed by atoms with Crippen molar-refractivity contribution in [1.82, 2.24) is 0 Å². The molecule has 3 N–H and O–H groups in total. The Morgan fingerprint density at radius 1 is 1.56 bits per heavy atom. The molecule has 88 valence electrons. The van der Waals surface area contributed by atoms with Gasteiger partial charge in [0.15, 0.2) is 0 Å². The number of nitrogens with two attached hydrogens (primary N) is 1. The molecule has 0 heterocycles. The molecule has 0 amide bonds. The lowest BCUT2D eigenvalue weighted by Gasteiger charge is -2.05. The maximum absolute atomic E-state index is 10.7. The number of hydrogen-bond acceptors (Lipinski definition) is 5. The minimum Gasteiger partial charge on any atom is -0.318 e. The number of nitro benzene ring substituents is 1. The van der Waals surface area contributed by atoms with Crippen LogP contribution in [0.25, 0.3) is 0 Å². The van der Waals surface area contributed by atoms with Crippen molar-refractivity contribution in [3.8, 4) is 0 Å². The standard InChI is InChI=1S/C10H15N3O2S/c1-2-5-16-7-8-3-4-10(13(14)15)9(6-8)12-11/h3-4,6,12H,2,5,7,11H2,1H3. The molecular formula is C10H15N3O2S. The van der Waals surface area contributed by atoms with Gasteiger partial charge in [0.1, 0.15) is 5.69 Å². The number of nitrogen functional groups attached to an aromatic ring is 1. The maximum atomic E-state index is 10.7. The first kappa shape index (κ1) is 12.8. The van der Waals surface area contributed by atoms with Gasteiger partial charge in [-0.05, 0) is 23.8 Å². The monoisotopic (exact) mass is 241 g/mol. The van der Waals surface area contributed by atoms with Crippen LogP contribution in [0, 0.1) is 10.1 Å². The summed E-state index contributed by atoms with van der Waals surface area (Å²) in [7, 11) is 0. The minimum absolute atomic E-state index is 0.00624. The lowest BCUT2D eigenvalue weighted by Crippen LogP contribution is -2.09. The number of anilines is 1. The molecule has 0 aliphatic carbocycles. The zero-order valence-electron chi connectivity index (χ0n) is 9.10.